The van der Waals surface area contributed by atoms with Crippen LogP contribution in [0.4, 0.5) is 0 Å². The lowest BCUT2D eigenvalue weighted by Crippen LogP contribution is -2.13. The molecule has 0 bridgehead atoms. The first-order chi connectivity index (χ1) is 7.72. The second kappa shape index (κ2) is 3.30. The van der Waals surface area contributed by atoms with Crippen molar-refractivity contribution in [2.45, 2.75) is 25.7 Å². The van der Waals surface area contributed by atoms with E-state index in [1.54, 1.807) is 10.9 Å². The topological polar surface area (TPSA) is 63.6 Å². The second-order valence-electron chi connectivity index (χ2n) is 4.23. The smallest absolute Gasteiger partial charge is 0.253 e. The van der Waals surface area contributed by atoms with Gasteiger partial charge in [0.15, 0.2) is 5.82 Å². The van der Waals surface area contributed by atoms with Gasteiger partial charge in [-0.15, -0.1) is 0 Å². The molecule has 82 valence electrons. The number of aromatic nitrogens is 4. The normalized spacial score (nSPS) is 15.3. The average molecular weight is 216 g/mol. The van der Waals surface area contributed by atoms with Crippen LogP contribution in [0.5, 0.6) is 0 Å². The summed E-state index contributed by atoms with van der Waals surface area (Å²) < 4.78 is 1.64. The Bertz CT molecular complexity index is 580. The molecule has 1 N–H and O–H groups in total. The number of hydrogen-bond acceptors (Lipinski definition) is 3. The van der Waals surface area contributed by atoms with Gasteiger partial charge in [0, 0.05) is 18.2 Å². The zero-order valence-corrected chi connectivity index (χ0v) is 8.97. The number of hydrogen-bond donors (Lipinski definition) is 1. The zero-order chi connectivity index (χ0) is 11.1. The molecular formula is C11H12N4O. The molecule has 0 radical (unpaired) electrons. The molecule has 0 amide bonds. The summed E-state index contributed by atoms with van der Waals surface area (Å²) in [7, 11) is 0. The van der Waals surface area contributed by atoms with Crippen molar-refractivity contribution in [3.63, 3.8) is 0 Å². The van der Waals surface area contributed by atoms with Gasteiger partial charge in [-0.3, -0.25) is 4.79 Å². The lowest BCUT2D eigenvalue weighted by atomic mass is 10.4. The van der Waals surface area contributed by atoms with Gasteiger partial charge in [0.1, 0.15) is 5.82 Å². The Hall–Kier alpha value is -1.91. The number of aromatic amines is 1. The number of nitrogens with zero attached hydrogens (tertiary/aromatic N) is 3. The van der Waals surface area contributed by atoms with Gasteiger partial charge in [-0.25, -0.2) is 9.67 Å². The first-order valence-electron chi connectivity index (χ1n) is 5.35. The molecule has 16 heavy (non-hydrogen) atoms. The lowest BCUT2D eigenvalue weighted by molar-refractivity contribution is 0.802. The van der Waals surface area contributed by atoms with Crippen molar-refractivity contribution in [1.29, 1.82) is 0 Å². The maximum atomic E-state index is 11.5. The molecule has 0 atom stereocenters. The number of nitrogens with one attached hydrogen (secondary N) is 1. The SMILES string of the molecule is Cc1cnn(-c2cc(=O)[nH]c(C3CC3)n2)c1. The average Bonchev–Trinajstić information content (AvgIpc) is 3.01. The van der Waals surface area contributed by atoms with E-state index >= 15 is 0 Å². The predicted molar refractivity (Wildman–Crippen MR) is 58.7 cm³/mol. The Morgan fingerprint density at radius 2 is 2.31 bits per heavy atom. The van der Waals surface area contributed by atoms with Gasteiger partial charge in [-0.05, 0) is 25.3 Å². The molecule has 3 rings (SSSR count). The summed E-state index contributed by atoms with van der Waals surface area (Å²) >= 11 is 0. The summed E-state index contributed by atoms with van der Waals surface area (Å²) in [6.07, 6.45) is 5.84. The highest BCUT2D eigenvalue weighted by molar-refractivity contribution is 5.23. The van der Waals surface area contributed by atoms with Crippen molar-refractivity contribution in [2.75, 3.05) is 0 Å². The first kappa shape index (κ1) is 9.33. The minimum atomic E-state index is -0.111. The van der Waals surface area contributed by atoms with Gasteiger partial charge in [-0.1, -0.05) is 0 Å². The van der Waals surface area contributed by atoms with Gasteiger partial charge in [0.25, 0.3) is 5.56 Å². The van der Waals surface area contributed by atoms with Crippen LogP contribution in [0.25, 0.3) is 5.82 Å². The van der Waals surface area contributed by atoms with Gasteiger partial charge in [0.2, 0.25) is 0 Å². The third-order valence-electron chi connectivity index (χ3n) is 2.66. The molecule has 1 aliphatic rings. The van der Waals surface area contributed by atoms with Gasteiger partial charge in [0.05, 0.1) is 6.20 Å². The lowest BCUT2D eigenvalue weighted by Gasteiger charge is -2.02. The second-order valence-corrected chi connectivity index (χ2v) is 4.23. The molecule has 1 aliphatic carbocycles. The van der Waals surface area contributed by atoms with Crippen LogP contribution in [0.15, 0.2) is 23.3 Å². The van der Waals surface area contributed by atoms with E-state index in [4.69, 9.17) is 0 Å². The zero-order valence-electron chi connectivity index (χ0n) is 8.97. The Labute approximate surface area is 92.2 Å². The van der Waals surface area contributed by atoms with Crippen molar-refractivity contribution in [2.24, 2.45) is 0 Å². The summed E-state index contributed by atoms with van der Waals surface area (Å²) in [5, 5.41) is 4.15. The molecule has 0 saturated heterocycles. The number of rotatable bonds is 2. The van der Waals surface area contributed by atoms with Crippen molar-refractivity contribution in [1.82, 2.24) is 19.7 Å². The highest BCUT2D eigenvalue weighted by Gasteiger charge is 2.26. The van der Waals surface area contributed by atoms with Gasteiger partial charge < -0.3 is 4.98 Å². The van der Waals surface area contributed by atoms with E-state index < -0.39 is 0 Å². The van der Waals surface area contributed by atoms with Crippen LogP contribution in [-0.2, 0) is 0 Å². The number of aryl methyl sites for hydroxylation is 1. The number of H-pyrrole nitrogens is 1. The Balaban J connectivity index is 2.09. The highest BCUT2D eigenvalue weighted by atomic mass is 16.1. The molecule has 0 aliphatic heterocycles. The molecule has 5 heteroatoms. The quantitative estimate of drug-likeness (QED) is 0.818. The van der Waals surface area contributed by atoms with Gasteiger partial charge >= 0.3 is 0 Å². The van der Waals surface area contributed by atoms with Crippen LogP contribution in [0.3, 0.4) is 0 Å². The maximum Gasteiger partial charge on any atom is 0.253 e. The summed E-state index contributed by atoms with van der Waals surface area (Å²) in [6, 6.07) is 1.47. The van der Waals surface area contributed by atoms with Crippen LogP contribution in [0.1, 0.15) is 30.1 Å². The van der Waals surface area contributed by atoms with Crippen LogP contribution in [0, 0.1) is 6.92 Å². The van der Waals surface area contributed by atoms with Crippen molar-refractivity contribution >= 4 is 0 Å². The fourth-order valence-corrected chi connectivity index (χ4v) is 1.67. The van der Waals surface area contributed by atoms with Crippen LogP contribution in [0.2, 0.25) is 0 Å². The minimum absolute atomic E-state index is 0.111. The standard InChI is InChI=1S/C11H12N4O/c1-7-5-12-15(6-7)9-4-10(16)14-11(13-9)8-2-3-8/h4-6,8H,2-3H2,1H3,(H,13,14,16). The Kier molecular flexibility index (Phi) is 1.92. The predicted octanol–water partition coefficient (Wildman–Crippen LogP) is 1.14. The fraction of sp³-hybridized carbons (Fsp3) is 0.364. The molecule has 5 nitrogen and oxygen atoms in total. The first-order valence-corrected chi connectivity index (χ1v) is 5.35. The van der Waals surface area contributed by atoms with E-state index in [1.165, 1.54) is 6.07 Å². The van der Waals surface area contributed by atoms with E-state index in [0.29, 0.717) is 11.7 Å². The molecule has 0 aromatic carbocycles. The molecule has 2 aromatic rings. The van der Waals surface area contributed by atoms with Gasteiger partial charge in [-0.2, -0.15) is 5.10 Å². The summed E-state index contributed by atoms with van der Waals surface area (Å²) in [5.74, 6) is 1.82. The van der Waals surface area contributed by atoms with E-state index in [0.717, 1.165) is 24.2 Å². The van der Waals surface area contributed by atoms with Crippen molar-refractivity contribution in [3.05, 3.63) is 40.2 Å². The molecule has 2 heterocycles. The monoisotopic (exact) mass is 216 g/mol. The van der Waals surface area contributed by atoms with Crippen molar-refractivity contribution in [3.8, 4) is 5.82 Å². The van der Waals surface area contributed by atoms with Crippen LogP contribution < -0.4 is 5.56 Å². The van der Waals surface area contributed by atoms with E-state index in [2.05, 4.69) is 15.1 Å². The Morgan fingerprint density at radius 3 is 2.94 bits per heavy atom. The molecule has 2 aromatic heterocycles. The third-order valence-corrected chi connectivity index (χ3v) is 2.66. The van der Waals surface area contributed by atoms with E-state index in [9.17, 15) is 4.79 Å². The summed E-state index contributed by atoms with van der Waals surface area (Å²) in [6.45, 7) is 1.96. The third kappa shape index (κ3) is 1.64. The summed E-state index contributed by atoms with van der Waals surface area (Å²) in [5.41, 5.74) is 0.940. The fourth-order valence-electron chi connectivity index (χ4n) is 1.67. The molecular weight excluding hydrogens is 204 g/mol. The molecule has 1 fully saturated rings. The van der Waals surface area contributed by atoms with Crippen LogP contribution in [-0.4, -0.2) is 19.7 Å². The van der Waals surface area contributed by atoms with Crippen molar-refractivity contribution < 1.29 is 0 Å². The largest absolute Gasteiger partial charge is 0.310 e. The molecule has 0 spiro atoms. The van der Waals surface area contributed by atoms with E-state index in [-0.39, 0.29) is 5.56 Å². The molecule has 0 unspecified atom stereocenters. The minimum Gasteiger partial charge on any atom is -0.310 e. The van der Waals surface area contributed by atoms with Crippen LogP contribution >= 0.6 is 0 Å². The highest BCUT2D eigenvalue weighted by Crippen LogP contribution is 2.37. The molecule has 1 saturated carbocycles. The summed E-state index contributed by atoms with van der Waals surface area (Å²) in [4.78, 5) is 18.7. The Morgan fingerprint density at radius 1 is 1.50 bits per heavy atom. The maximum absolute atomic E-state index is 11.5. The van der Waals surface area contributed by atoms with E-state index in [1.807, 2.05) is 13.1 Å².